The second kappa shape index (κ2) is 12.5. The smallest absolute Gasteiger partial charge is 0.0722 e. The molecule has 1 aliphatic carbocycles. The molecule has 0 aliphatic heterocycles. The molecule has 5 heterocycles. The number of aromatic nitrogens is 5. The number of nitrogens with one attached hydrogen (secondary N) is 1. The zero-order valence-electron chi connectivity index (χ0n) is 31.0. The van der Waals surface area contributed by atoms with Gasteiger partial charge in [0.2, 0.25) is 0 Å². The van der Waals surface area contributed by atoms with E-state index in [9.17, 15) is 0 Å². The Morgan fingerprint density at radius 2 is 0.930 bits per heavy atom. The third-order valence-electron chi connectivity index (χ3n) is 11.9. The molecule has 0 bridgehead atoms. The SMILES string of the molecule is c1ccc(-c2ccc(-c3ccc4[nH]c5cc6c(cc5c4c3)CCc3cc4c5cc(-c7ccc(-c8ccccn8)cc7)ccc5n(-n5cccc5)c4cc3-6)cc2)nc1. The Morgan fingerprint density at radius 3 is 1.56 bits per heavy atom. The van der Waals surface area contributed by atoms with Crippen LogP contribution in [0.1, 0.15) is 11.1 Å². The third-order valence-corrected chi connectivity index (χ3v) is 11.9. The molecule has 6 aromatic carbocycles. The van der Waals surface area contributed by atoms with Crippen molar-refractivity contribution in [3.05, 3.63) is 194 Å². The normalized spacial score (nSPS) is 12.4. The van der Waals surface area contributed by atoms with Gasteiger partial charge in [0.1, 0.15) is 0 Å². The molecule has 0 amide bonds. The summed E-state index contributed by atoms with van der Waals surface area (Å²) < 4.78 is 4.56. The fraction of sp³-hybridized carbons (Fsp3) is 0.0385. The van der Waals surface area contributed by atoms with Crippen LogP contribution in [0.15, 0.2) is 183 Å². The van der Waals surface area contributed by atoms with Gasteiger partial charge in [0.15, 0.2) is 0 Å². The van der Waals surface area contributed by atoms with E-state index < -0.39 is 0 Å². The van der Waals surface area contributed by atoms with Crippen LogP contribution in [0.25, 0.3) is 99.5 Å². The van der Waals surface area contributed by atoms with Gasteiger partial charge in [0, 0.05) is 68.5 Å². The Morgan fingerprint density at radius 1 is 0.404 bits per heavy atom. The van der Waals surface area contributed by atoms with E-state index in [1.807, 2.05) is 36.7 Å². The summed E-state index contributed by atoms with van der Waals surface area (Å²) in [6, 6.07) is 57.2. The molecule has 5 nitrogen and oxygen atoms in total. The van der Waals surface area contributed by atoms with E-state index >= 15 is 0 Å². The maximum absolute atomic E-state index is 4.54. The molecule has 0 saturated heterocycles. The molecule has 5 heteroatoms. The number of rotatable bonds is 5. The molecule has 0 fully saturated rings. The van der Waals surface area contributed by atoms with Gasteiger partial charge < -0.3 is 4.98 Å². The summed E-state index contributed by atoms with van der Waals surface area (Å²) in [6.07, 6.45) is 9.97. The first-order valence-corrected chi connectivity index (χ1v) is 19.6. The van der Waals surface area contributed by atoms with Crippen molar-refractivity contribution in [1.82, 2.24) is 24.3 Å². The lowest BCUT2D eigenvalue weighted by atomic mass is 9.84. The first-order valence-electron chi connectivity index (χ1n) is 19.6. The van der Waals surface area contributed by atoms with Crippen LogP contribution in [0.3, 0.4) is 0 Å². The van der Waals surface area contributed by atoms with Crippen LogP contribution >= 0.6 is 0 Å². The van der Waals surface area contributed by atoms with Crippen LogP contribution in [0, 0.1) is 0 Å². The second-order valence-corrected chi connectivity index (χ2v) is 15.2. The average molecular weight is 730 g/mol. The molecular formula is C52H35N5. The fourth-order valence-corrected chi connectivity index (χ4v) is 9.07. The number of aryl methyl sites for hydroxylation is 2. The van der Waals surface area contributed by atoms with Crippen molar-refractivity contribution in [2.24, 2.45) is 0 Å². The van der Waals surface area contributed by atoms with E-state index in [0.29, 0.717) is 0 Å². The van der Waals surface area contributed by atoms with Crippen LogP contribution < -0.4 is 0 Å². The number of pyridine rings is 2. The minimum atomic E-state index is 0.986. The number of fused-ring (bicyclic) bond motifs is 9. The standard InChI is InChI=1S/C52H35N5/c1-3-23-53-47(7-1)35-13-9-33(10-14-35)37-19-21-49-43(27-37)44-29-39-17-18-40-30-46-45-28-38(34-11-15-36(16-12-34)48-8-2-4-24-54-48)20-22-51(45)57(56-25-5-6-26-56)52(46)32-42(40)41(39)31-50(44)55-49/h1-16,19-32,55H,17-18H2. The molecule has 5 aromatic heterocycles. The van der Waals surface area contributed by atoms with Gasteiger partial charge in [-0.1, -0.05) is 72.8 Å². The predicted octanol–water partition coefficient (Wildman–Crippen LogP) is 12.8. The van der Waals surface area contributed by atoms with Crippen molar-refractivity contribution >= 4 is 43.6 Å². The number of aromatic amines is 1. The van der Waals surface area contributed by atoms with Crippen LogP contribution in [-0.2, 0) is 12.8 Å². The highest BCUT2D eigenvalue weighted by Gasteiger charge is 2.23. The van der Waals surface area contributed by atoms with Crippen LogP contribution in [0.2, 0.25) is 0 Å². The maximum Gasteiger partial charge on any atom is 0.0722 e. The summed E-state index contributed by atoms with van der Waals surface area (Å²) in [6.45, 7) is 0. The number of hydrogen-bond donors (Lipinski definition) is 1. The highest BCUT2D eigenvalue weighted by molar-refractivity contribution is 6.13. The first-order chi connectivity index (χ1) is 28.2. The predicted molar refractivity (Wildman–Crippen MR) is 234 cm³/mol. The monoisotopic (exact) mass is 729 g/mol. The van der Waals surface area contributed by atoms with E-state index in [2.05, 4.69) is 170 Å². The van der Waals surface area contributed by atoms with Gasteiger partial charge in [-0.25, -0.2) is 4.68 Å². The van der Waals surface area contributed by atoms with Gasteiger partial charge in [0.05, 0.1) is 22.4 Å². The van der Waals surface area contributed by atoms with E-state index in [-0.39, 0.29) is 0 Å². The van der Waals surface area contributed by atoms with Crippen molar-refractivity contribution in [2.75, 3.05) is 0 Å². The lowest BCUT2D eigenvalue weighted by molar-refractivity contribution is 0.718. The topological polar surface area (TPSA) is 51.4 Å². The van der Waals surface area contributed by atoms with E-state index in [1.54, 1.807) is 0 Å². The number of H-pyrrole nitrogens is 1. The third kappa shape index (κ3) is 5.16. The number of benzene rings is 6. The Balaban J connectivity index is 0.957. The molecule has 0 atom stereocenters. The average Bonchev–Trinajstić information content (AvgIpc) is 4.01. The molecule has 0 saturated carbocycles. The molecular weight excluding hydrogens is 695 g/mol. The minimum absolute atomic E-state index is 0.986. The van der Waals surface area contributed by atoms with Crippen LogP contribution in [0.4, 0.5) is 0 Å². The first kappa shape index (κ1) is 31.8. The fourth-order valence-electron chi connectivity index (χ4n) is 9.07. The van der Waals surface area contributed by atoms with Gasteiger partial charge in [-0.3, -0.25) is 14.6 Å². The number of hydrogen-bond acceptors (Lipinski definition) is 2. The quantitative estimate of drug-likeness (QED) is 0.192. The summed E-state index contributed by atoms with van der Waals surface area (Å²) >= 11 is 0. The molecule has 12 rings (SSSR count). The summed E-state index contributed by atoms with van der Waals surface area (Å²) in [5.74, 6) is 0. The van der Waals surface area contributed by atoms with Crippen molar-refractivity contribution < 1.29 is 0 Å². The molecule has 0 unspecified atom stereocenters. The molecule has 57 heavy (non-hydrogen) atoms. The zero-order valence-corrected chi connectivity index (χ0v) is 31.0. The largest absolute Gasteiger partial charge is 0.354 e. The highest BCUT2D eigenvalue weighted by Crippen LogP contribution is 2.43. The van der Waals surface area contributed by atoms with Crippen molar-refractivity contribution in [1.29, 1.82) is 0 Å². The summed E-state index contributed by atoms with van der Waals surface area (Å²) in [7, 11) is 0. The summed E-state index contributed by atoms with van der Waals surface area (Å²) in [5, 5.41) is 5.07. The Labute approximate surface area is 329 Å². The van der Waals surface area contributed by atoms with E-state index in [4.69, 9.17) is 0 Å². The van der Waals surface area contributed by atoms with Gasteiger partial charge in [-0.2, -0.15) is 0 Å². The molecule has 1 aliphatic rings. The van der Waals surface area contributed by atoms with Gasteiger partial charge in [-0.05, 0) is 142 Å². The van der Waals surface area contributed by atoms with Gasteiger partial charge in [-0.15, -0.1) is 0 Å². The Hall–Kier alpha value is -7.50. The Bertz CT molecular complexity index is 3300. The van der Waals surface area contributed by atoms with Crippen molar-refractivity contribution in [3.63, 3.8) is 0 Å². The molecule has 11 aromatic rings. The second-order valence-electron chi connectivity index (χ2n) is 15.2. The lowest BCUT2D eigenvalue weighted by Gasteiger charge is -2.21. The molecule has 0 spiro atoms. The molecule has 0 radical (unpaired) electrons. The maximum atomic E-state index is 4.54. The number of nitrogens with zero attached hydrogens (tertiary/aromatic N) is 4. The summed E-state index contributed by atoms with van der Waals surface area (Å²) in [4.78, 5) is 12.8. The molecule has 1 N–H and O–H groups in total. The van der Waals surface area contributed by atoms with E-state index in [0.717, 1.165) is 40.9 Å². The highest BCUT2D eigenvalue weighted by atomic mass is 15.4. The van der Waals surface area contributed by atoms with Gasteiger partial charge >= 0.3 is 0 Å². The van der Waals surface area contributed by atoms with E-state index in [1.165, 1.54) is 82.6 Å². The molecule has 268 valence electrons. The van der Waals surface area contributed by atoms with Crippen LogP contribution in [0.5, 0.6) is 0 Å². The van der Waals surface area contributed by atoms with Crippen molar-refractivity contribution in [3.8, 4) is 55.9 Å². The van der Waals surface area contributed by atoms with Crippen molar-refractivity contribution in [2.45, 2.75) is 12.8 Å². The van der Waals surface area contributed by atoms with Gasteiger partial charge in [0.25, 0.3) is 0 Å². The lowest BCUT2D eigenvalue weighted by Crippen LogP contribution is -2.07. The van der Waals surface area contributed by atoms with Crippen LogP contribution in [-0.4, -0.2) is 24.3 Å². The Kier molecular flexibility index (Phi) is 6.99. The zero-order chi connectivity index (χ0) is 37.5. The minimum Gasteiger partial charge on any atom is -0.354 e. The summed E-state index contributed by atoms with van der Waals surface area (Å²) in [5.41, 5.74) is 19.2.